The minimum atomic E-state index is -0.354. The molecule has 6 nitrogen and oxygen atoms in total. The number of hydrogen-bond donors (Lipinski definition) is 1. The van der Waals surface area contributed by atoms with Crippen LogP contribution in [0.2, 0.25) is 0 Å². The van der Waals surface area contributed by atoms with Crippen molar-refractivity contribution < 1.29 is 9.72 Å². The van der Waals surface area contributed by atoms with E-state index in [0.717, 1.165) is 17.7 Å². The lowest BCUT2D eigenvalue weighted by atomic mass is 10.1. The third-order valence-corrected chi connectivity index (χ3v) is 2.81. The first kappa shape index (κ1) is 11.4. The second-order valence-corrected chi connectivity index (χ2v) is 3.91. The molecule has 0 spiro atoms. The van der Waals surface area contributed by atoms with Gasteiger partial charge in [0.05, 0.1) is 0 Å². The Bertz CT molecular complexity index is 473. The third kappa shape index (κ3) is 2.20. The summed E-state index contributed by atoms with van der Waals surface area (Å²) in [4.78, 5) is 23.3. The molecule has 6 heteroatoms. The molecule has 90 valence electrons. The van der Waals surface area contributed by atoms with Gasteiger partial charge >= 0.3 is 6.03 Å². The SMILES string of the molecule is CNC(=O)N1CCc2cc(C[N+](=O)[O-])ccc21. The number of fused-ring (bicyclic) bond motifs is 1. The Balaban J connectivity index is 2.25. The average Bonchev–Trinajstić information content (AvgIpc) is 2.70. The molecule has 0 atom stereocenters. The molecule has 0 aliphatic carbocycles. The van der Waals surface area contributed by atoms with Gasteiger partial charge < -0.3 is 5.32 Å². The van der Waals surface area contributed by atoms with Crippen LogP contribution in [-0.2, 0) is 13.0 Å². The minimum absolute atomic E-state index is 0.147. The smallest absolute Gasteiger partial charge is 0.321 e. The molecule has 0 bridgehead atoms. The Labute approximate surface area is 98.4 Å². The number of hydrogen-bond acceptors (Lipinski definition) is 3. The van der Waals surface area contributed by atoms with Crippen LogP contribution >= 0.6 is 0 Å². The molecule has 0 saturated heterocycles. The van der Waals surface area contributed by atoms with E-state index in [1.165, 1.54) is 0 Å². The first-order chi connectivity index (χ1) is 8.11. The maximum absolute atomic E-state index is 11.5. The summed E-state index contributed by atoms with van der Waals surface area (Å²) in [6.07, 6.45) is 0.744. The fourth-order valence-corrected chi connectivity index (χ4v) is 2.05. The number of carbonyl (C=O) groups excluding carboxylic acids is 1. The highest BCUT2D eigenvalue weighted by Gasteiger charge is 2.24. The summed E-state index contributed by atoms with van der Waals surface area (Å²) in [5.41, 5.74) is 2.51. The number of benzene rings is 1. The van der Waals surface area contributed by atoms with Gasteiger partial charge in [0, 0.05) is 29.8 Å². The van der Waals surface area contributed by atoms with Crippen molar-refractivity contribution in [3.8, 4) is 0 Å². The van der Waals surface area contributed by atoms with Crippen LogP contribution < -0.4 is 10.2 Å². The number of carbonyl (C=O) groups is 1. The van der Waals surface area contributed by atoms with E-state index in [1.54, 1.807) is 30.1 Å². The van der Waals surface area contributed by atoms with E-state index >= 15 is 0 Å². The second kappa shape index (κ2) is 4.40. The van der Waals surface area contributed by atoms with Gasteiger partial charge in [-0.1, -0.05) is 6.07 Å². The van der Waals surface area contributed by atoms with Crippen molar-refractivity contribution in [1.82, 2.24) is 5.32 Å². The van der Waals surface area contributed by atoms with Gasteiger partial charge in [0.15, 0.2) is 0 Å². The molecule has 1 aromatic rings. The Kier molecular flexibility index (Phi) is 2.95. The van der Waals surface area contributed by atoms with E-state index in [4.69, 9.17) is 0 Å². The van der Waals surface area contributed by atoms with Gasteiger partial charge in [0.25, 0.3) is 0 Å². The van der Waals surface area contributed by atoms with Crippen molar-refractivity contribution >= 4 is 11.7 Å². The lowest BCUT2D eigenvalue weighted by molar-refractivity contribution is -0.496. The highest BCUT2D eigenvalue weighted by atomic mass is 16.6. The molecule has 2 rings (SSSR count). The van der Waals surface area contributed by atoms with Crippen LogP contribution in [0.5, 0.6) is 0 Å². The second-order valence-electron chi connectivity index (χ2n) is 3.91. The molecule has 0 unspecified atom stereocenters. The summed E-state index contributed by atoms with van der Waals surface area (Å²) in [6.45, 7) is 0.449. The number of nitrogens with one attached hydrogen (secondary N) is 1. The van der Waals surface area contributed by atoms with Crippen molar-refractivity contribution in [2.75, 3.05) is 18.5 Å². The number of urea groups is 1. The molecule has 1 aliphatic heterocycles. The summed E-state index contributed by atoms with van der Waals surface area (Å²) >= 11 is 0. The monoisotopic (exact) mass is 235 g/mol. The van der Waals surface area contributed by atoms with Gasteiger partial charge in [-0.05, 0) is 24.1 Å². The molecule has 2 amide bonds. The van der Waals surface area contributed by atoms with Crippen LogP contribution in [0.15, 0.2) is 18.2 Å². The van der Waals surface area contributed by atoms with Gasteiger partial charge in [0.2, 0.25) is 6.54 Å². The topological polar surface area (TPSA) is 75.5 Å². The number of rotatable bonds is 2. The van der Waals surface area contributed by atoms with Crippen LogP contribution in [0.4, 0.5) is 10.5 Å². The van der Waals surface area contributed by atoms with E-state index in [1.807, 2.05) is 0 Å². The predicted octanol–water partition coefficient (Wildman–Crippen LogP) is 1.17. The molecule has 0 radical (unpaired) electrons. The first-order valence-corrected chi connectivity index (χ1v) is 5.34. The Hall–Kier alpha value is -2.11. The van der Waals surface area contributed by atoms with Crippen LogP contribution in [0.25, 0.3) is 0 Å². The van der Waals surface area contributed by atoms with Gasteiger partial charge in [-0.3, -0.25) is 15.0 Å². The fraction of sp³-hybridized carbons (Fsp3) is 0.364. The van der Waals surface area contributed by atoms with Gasteiger partial charge in [-0.25, -0.2) is 4.79 Å². The van der Waals surface area contributed by atoms with Crippen LogP contribution in [0, 0.1) is 10.1 Å². The van der Waals surface area contributed by atoms with Gasteiger partial charge in [-0.15, -0.1) is 0 Å². The Morgan fingerprint density at radius 3 is 3.00 bits per heavy atom. The van der Waals surface area contributed by atoms with Crippen molar-refractivity contribution in [2.45, 2.75) is 13.0 Å². The fourth-order valence-electron chi connectivity index (χ4n) is 2.05. The largest absolute Gasteiger partial charge is 0.341 e. The van der Waals surface area contributed by atoms with Crippen LogP contribution in [0.3, 0.4) is 0 Å². The van der Waals surface area contributed by atoms with Crippen molar-refractivity contribution in [3.63, 3.8) is 0 Å². The zero-order chi connectivity index (χ0) is 12.4. The highest BCUT2D eigenvalue weighted by Crippen LogP contribution is 2.28. The predicted molar refractivity (Wildman–Crippen MR) is 62.6 cm³/mol. The molecule has 0 saturated carbocycles. The number of nitro groups is 1. The number of anilines is 1. The molecular weight excluding hydrogens is 222 g/mol. The van der Waals surface area contributed by atoms with Gasteiger partial charge in [-0.2, -0.15) is 0 Å². The van der Waals surface area contributed by atoms with Crippen molar-refractivity contribution in [3.05, 3.63) is 39.4 Å². The third-order valence-electron chi connectivity index (χ3n) is 2.81. The molecule has 1 aromatic carbocycles. The van der Waals surface area contributed by atoms with E-state index in [2.05, 4.69) is 5.32 Å². The van der Waals surface area contributed by atoms with E-state index in [0.29, 0.717) is 12.1 Å². The molecule has 0 fully saturated rings. The quantitative estimate of drug-likeness (QED) is 0.617. The molecule has 1 aliphatic rings. The van der Waals surface area contributed by atoms with Crippen molar-refractivity contribution in [2.24, 2.45) is 0 Å². The van der Waals surface area contributed by atoms with E-state index < -0.39 is 0 Å². The van der Waals surface area contributed by atoms with Gasteiger partial charge in [0.1, 0.15) is 0 Å². The standard InChI is InChI=1S/C11H13N3O3/c1-12-11(15)13-5-4-9-6-8(7-14(16)17)2-3-10(9)13/h2-3,6H,4-5,7H2,1H3,(H,12,15). The highest BCUT2D eigenvalue weighted by molar-refractivity contribution is 5.94. The molecule has 0 aromatic heterocycles. The summed E-state index contributed by atoms with van der Waals surface area (Å²) in [5.74, 6) is 0. The minimum Gasteiger partial charge on any atom is -0.341 e. The zero-order valence-corrected chi connectivity index (χ0v) is 9.47. The average molecular weight is 235 g/mol. The summed E-state index contributed by atoms with van der Waals surface area (Å²) in [7, 11) is 1.58. The lowest BCUT2D eigenvalue weighted by Crippen LogP contribution is -2.36. The molecule has 1 N–H and O–H groups in total. The number of nitrogens with zero attached hydrogens (tertiary/aromatic N) is 2. The maximum atomic E-state index is 11.5. The van der Waals surface area contributed by atoms with E-state index in [9.17, 15) is 14.9 Å². The van der Waals surface area contributed by atoms with Crippen LogP contribution in [0.1, 0.15) is 11.1 Å². The molecule has 1 heterocycles. The Morgan fingerprint density at radius 1 is 1.59 bits per heavy atom. The summed E-state index contributed by atoms with van der Waals surface area (Å²) in [5, 5.41) is 13.0. The zero-order valence-electron chi connectivity index (χ0n) is 9.47. The Morgan fingerprint density at radius 2 is 2.35 bits per heavy atom. The normalized spacial score (nSPS) is 13.4. The summed E-state index contributed by atoms with van der Waals surface area (Å²) < 4.78 is 0. The first-order valence-electron chi connectivity index (χ1n) is 5.34. The molecular formula is C11H13N3O3. The lowest BCUT2D eigenvalue weighted by Gasteiger charge is -2.16. The maximum Gasteiger partial charge on any atom is 0.321 e. The van der Waals surface area contributed by atoms with Crippen LogP contribution in [-0.4, -0.2) is 24.5 Å². The summed E-state index contributed by atoms with van der Waals surface area (Å²) in [6, 6.07) is 5.13. The van der Waals surface area contributed by atoms with Crippen molar-refractivity contribution in [1.29, 1.82) is 0 Å². The molecule has 17 heavy (non-hydrogen) atoms. The number of amides is 2. The van der Waals surface area contributed by atoms with E-state index in [-0.39, 0.29) is 17.5 Å².